The van der Waals surface area contributed by atoms with Gasteiger partial charge in [-0.1, -0.05) is 15.9 Å². The van der Waals surface area contributed by atoms with Crippen molar-refractivity contribution >= 4 is 37.6 Å². The Balaban J connectivity index is 2.99. The molecule has 7 heteroatoms. The van der Waals surface area contributed by atoms with E-state index in [1.807, 2.05) is 13.0 Å². The molecule has 1 rings (SSSR count). The van der Waals surface area contributed by atoms with Crippen molar-refractivity contribution in [2.24, 2.45) is 0 Å². The highest BCUT2D eigenvalue weighted by Crippen LogP contribution is 2.21. The van der Waals surface area contributed by atoms with Gasteiger partial charge in [0.1, 0.15) is 0 Å². The lowest BCUT2D eigenvalue weighted by molar-refractivity contribution is -0.139. The van der Waals surface area contributed by atoms with Crippen LogP contribution in [0.2, 0.25) is 0 Å². The maximum Gasteiger partial charge on any atom is 0.325 e. The molecule has 1 N–H and O–H groups in total. The van der Waals surface area contributed by atoms with E-state index in [2.05, 4.69) is 25.4 Å². The fourth-order valence-corrected chi connectivity index (χ4v) is 2.92. The normalized spacial score (nSPS) is 12.9. The number of methoxy groups -OCH3 is 1. The Hall–Kier alpha value is -1.08. The van der Waals surface area contributed by atoms with E-state index in [-0.39, 0.29) is 0 Å². The highest BCUT2D eigenvalue weighted by Gasteiger charge is 2.28. The van der Waals surface area contributed by atoms with Gasteiger partial charge in [-0.25, -0.2) is 8.42 Å². The quantitative estimate of drug-likeness (QED) is 0.855. The van der Waals surface area contributed by atoms with Gasteiger partial charge in [0.25, 0.3) is 0 Å². The summed E-state index contributed by atoms with van der Waals surface area (Å²) in [6.07, 6.45) is 0. The van der Waals surface area contributed by atoms with Gasteiger partial charge < -0.3 is 4.74 Å². The van der Waals surface area contributed by atoms with Crippen LogP contribution < -0.4 is 4.72 Å². The van der Waals surface area contributed by atoms with Crippen LogP contribution in [-0.2, 0) is 19.6 Å². The van der Waals surface area contributed by atoms with Crippen molar-refractivity contribution in [3.8, 4) is 0 Å². The Labute approximate surface area is 115 Å². The molecule has 5 nitrogen and oxygen atoms in total. The fourth-order valence-electron chi connectivity index (χ4n) is 1.34. The lowest BCUT2D eigenvalue weighted by Crippen LogP contribution is -2.33. The smallest absolute Gasteiger partial charge is 0.325 e. The first-order chi connectivity index (χ1) is 8.26. The molecular formula is C11H14BrNO4S. The molecule has 1 unspecified atom stereocenters. The van der Waals surface area contributed by atoms with E-state index in [0.717, 1.165) is 17.1 Å². The predicted molar refractivity (Wildman–Crippen MR) is 72.9 cm³/mol. The zero-order valence-electron chi connectivity index (χ0n) is 10.2. The minimum Gasteiger partial charge on any atom is -0.468 e. The van der Waals surface area contributed by atoms with Crippen LogP contribution in [0.1, 0.15) is 12.5 Å². The van der Waals surface area contributed by atoms with E-state index in [1.54, 1.807) is 12.1 Å². The maximum absolute atomic E-state index is 11.9. The van der Waals surface area contributed by atoms with Crippen molar-refractivity contribution in [3.05, 3.63) is 28.2 Å². The number of sulfonamides is 1. The Kier molecular flexibility index (Phi) is 4.75. The van der Waals surface area contributed by atoms with Gasteiger partial charge in [0.2, 0.25) is 10.0 Å². The van der Waals surface area contributed by atoms with Crippen molar-refractivity contribution in [2.45, 2.75) is 19.1 Å². The molecule has 1 aromatic rings. The summed E-state index contributed by atoms with van der Waals surface area (Å²) >= 11 is 3.27. The molecule has 0 amide bonds. The van der Waals surface area contributed by atoms with E-state index >= 15 is 0 Å². The number of esters is 1. The summed E-state index contributed by atoms with van der Waals surface area (Å²) in [7, 11) is -2.65. The first-order valence-corrected chi connectivity index (χ1v) is 7.47. The Morgan fingerprint density at radius 2 is 2.00 bits per heavy atom. The molecular weight excluding hydrogens is 322 g/mol. The molecule has 0 saturated carbocycles. The molecule has 100 valence electrons. The van der Waals surface area contributed by atoms with Crippen LogP contribution in [0.3, 0.4) is 0 Å². The standard InChI is InChI=1S/C11H14BrNO4S/c1-7-4-9(12)6-10(5-7)13-18(15,16)8(2)11(14)17-3/h4-6,8,13H,1-3H3. The molecule has 0 aromatic heterocycles. The topological polar surface area (TPSA) is 72.5 Å². The van der Waals surface area contributed by atoms with Crippen LogP contribution in [0.4, 0.5) is 5.69 Å². The summed E-state index contributed by atoms with van der Waals surface area (Å²) in [6.45, 7) is 3.12. The lowest BCUT2D eigenvalue weighted by Gasteiger charge is -2.13. The van der Waals surface area contributed by atoms with Gasteiger partial charge in [-0.2, -0.15) is 0 Å². The molecule has 0 bridgehead atoms. The summed E-state index contributed by atoms with van der Waals surface area (Å²) in [5.41, 5.74) is 1.30. The van der Waals surface area contributed by atoms with Gasteiger partial charge in [0.15, 0.2) is 5.25 Å². The number of rotatable bonds is 4. The van der Waals surface area contributed by atoms with Crippen LogP contribution in [-0.4, -0.2) is 26.7 Å². The maximum atomic E-state index is 11.9. The Morgan fingerprint density at radius 3 is 2.50 bits per heavy atom. The molecule has 18 heavy (non-hydrogen) atoms. The van der Waals surface area contributed by atoms with Crippen molar-refractivity contribution in [2.75, 3.05) is 11.8 Å². The lowest BCUT2D eigenvalue weighted by atomic mass is 10.2. The SMILES string of the molecule is COC(=O)C(C)S(=O)(=O)Nc1cc(C)cc(Br)c1. The number of halogens is 1. The Bertz CT molecular complexity index is 536. The molecule has 0 aliphatic rings. The molecule has 1 atom stereocenters. The first-order valence-electron chi connectivity index (χ1n) is 5.13. The molecule has 1 aromatic carbocycles. The van der Waals surface area contributed by atoms with E-state index in [4.69, 9.17) is 0 Å². The van der Waals surface area contributed by atoms with Gasteiger partial charge in [-0.15, -0.1) is 0 Å². The summed E-state index contributed by atoms with van der Waals surface area (Å²) in [4.78, 5) is 11.2. The first kappa shape index (κ1) is 15.0. The number of hydrogen-bond donors (Lipinski definition) is 1. The number of nitrogens with one attached hydrogen (secondary N) is 1. The monoisotopic (exact) mass is 335 g/mol. The van der Waals surface area contributed by atoms with E-state index in [9.17, 15) is 13.2 Å². The van der Waals surface area contributed by atoms with Crippen LogP contribution in [0.15, 0.2) is 22.7 Å². The summed E-state index contributed by atoms with van der Waals surface area (Å²) < 4.78 is 31.3. The number of benzene rings is 1. The molecule has 0 radical (unpaired) electrons. The second-order valence-corrected chi connectivity index (χ2v) is 6.75. The third-order valence-corrected chi connectivity index (χ3v) is 4.40. The van der Waals surface area contributed by atoms with Crippen molar-refractivity contribution in [3.63, 3.8) is 0 Å². The molecule has 0 aliphatic carbocycles. The van der Waals surface area contributed by atoms with Crippen molar-refractivity contribution < 1.29 is 17.9 Å². The van der Waals surface area contributed by atoms with Crippen LogP contribution in [0, 0.1) is 6.92 Å². The van der Waals surface area contributed by atoms with Crippen LogP contribution >= 0.6 is 15.9 Å². The number of carbonyl (C=O) groups excluding carboxylic acids is 1. The molecule has 0 saturated heterocycles. The number of carbonyl (C=O) groups is 1. The summed E-state index contributed by atoms with van der Waals surface area (Å²) in [6, 6.07) is 5.14. The Morgan fingerprint density at radius 1 is 1.39 bits per heavy atom. The third-order valence-electron chi connectivity index (χ3n) is 2.30. The van der Waals surface area contributed by atoms with E-state index in [1.165, 1.54) is 6.92 Å². The zero-order valence-corrected chi connectivity index (χ0v) is 12.6. The largest absolute Gasteiger partial charge is 0.468 e. The highest BCUT2D eigenvalue weighted by atomic mass is 79.9. The molecule has 0 aliphatic heterocycles. The second-order valence-electron chi connectivity index (χ2n) is 3.83. The minimum absolute atomic E-state index is 0.401. The minimum atomic E-state index is -3.80. The fraction of sp³-hybridized carbons (Fsp3) is 0.364. The van der Waals surface area contributed by atoms with Gasteiger partial charge in [0.05, 0.1) is 7.11 Å². The van der Waals surface area contributed by atoms with Gasteiger partial charge in [0, 0.05) is 10.2 Å². The molecule has 0 spiro atoms. The number of aryl methyl sites for hydroxylation is 1. The zero-order chi connectivity index (χ0) is 13.9. The predicted octanol–water partition coefficient (Wildman–Crippen LogP) is 2.06. The summed E-state index contributed by atoms with van der Waals surface area (Å²) in [5, 5.41) is -1.26. The summed E-state index contributed by atoms with van der Waals surface area (Å²) in [5.74, 6) is -0.797. The average Bonchev–Trinajstić information content (AvgIpc) is 2.24. The van der Waals surface area contributed by atoms with Gasteiger partial charge >= 0.3 is 5.97 Å². The third kappa shape index (κ3) is 3.71. The van der Waals surface area contributed by atoms with Crippen LogP contribution in [0.5, 0.6) is 0 Å². The van der Waals surface area contributed by atoms with Gasteiger partial charge in [-0.3, -0.25) is 9.52 Å². The van der Waals surface area contributed by atoms with E-state index in [0.29, 0.717) is 5.69 Å². The number of hydrogen-bond acceptors (Lipinski definition) is 4. The van der Waals surface area contributed by atoms with Crippen molar-refractivity contribution in [1.82, 2.24) is 0 Å². The second kappa shape index (κ2) is 5.71. The number of anilines is 1. The van der Waals surface area contributed by atoms with E-state index < -0.39 is 21.2 Å². The molecule has 0 heterocycles. The van der Waals surface area contributed by atoms with Crippen LogP contribution in [0.25, 0.3) is 0 Å². The molecule has 0 fully saturated rings. The number of ether oxygens (including phenoxy) is 1. The highest BCUT2D eigenvalue weighted by molar-refractivity contribution is 9.10. The average molecular weight is 336 g/mol. The van der Waals surface area contributed by atoms with Gasteiger partial charge in [-0.05, 0) is 37.6 Å². The van der Waals surface area contributed by atoms with Crippen molar-refractivity contribution in [1.29, 1.82) is 0 Å².